The number of hydrogen-bond acceptors (Lipinski definition) is 4. The van der Waals surface area contributed by atoms with Crippen LogP contribution in [0, 0.1) is 19.8 Å². The van der Waals surface area contributed by atoms with Gasteiger partial charge in [0.15, 0.2) is 5.82 Å². The van der Waals surface area contributed by atoms with E-state index in [1.54, 1.807) is 9.42 Å². The maximum atomic E-state index is 12.8. The van der Waals surface area contributed by atoms with E-state index < -0.39 is 0 Å². The summed E-state index contributed by atoms with van der Waals surface area (Å²) in [4.78, 5) is 23.4. The van der Waals surface area contributed by atoms with E-state index in [4.69, 9.17) is 11.6 Å². The highest BCUT2D eigenvalue weighted by Gasteiger charge is 2.20. The Kier molecular flexibility index (Phi) is 5.23. The molecule has 2 aromatic heterocycles. The molecular weight excluding hydrogens is 350 g/mol. The number of anilines is 1. The second-order valence-electron chi connectivity index (χ2n) is 6.75. The van der Waals surface area contributed by atoms with E-state index >= 15 is 0 Å². The first kappa shape index (κ1) is 18.3. The SMILES string of the molecule is Cc1nc2nc(CN(C(=O)CC(C)C)c3ccccc3)nn2c(C)c1Cl. The molecule has 0 saturated heterocycles. The van der Waals surface area contributed by atoms with Gasteiger partial charge < -0.3 is 4.90 Å². The molecule has 0 aliphatic heterocycles. The molecule has 1 amide bonds. The van der Waals surface area contributed by atoms with Gasteiger partial charge >= 0.3 is 0 Å². The van der Waals surface area contributed by atoms with Crippen molar-refractivity contribution in [2.24, 2.45) is 5.92 Å². The highest BCUT2D eigenvalue weighted by atomic mass is 35.5. The van der Waals surface area contributed by atoms with E-state index in [2.05, 4.69) is 15.1 Å². The average molecular weight is 372 g/mol. The van der Waals surface area contributed by atoms with Crippen molar-refractivity contribution in [2.45, 2.75) is 40.7 Å². The summed E-state index contributed by atoms with van der Waals surface area (Å²) in [6.07, 6.45) is 0.463. The summed E-state index contributed by atoms with van der Waals surface area (Å²) >= 11 is 6.26. The van der Waals surface area contributed by atoms with E-state index in [1.807, 2.05) is 58.0 Å². The standard InChI is InChI=1S/C19H22ClN5O/c1-12(2)10-17(26)24(15-8-6-5-7-9-15)11-16-22-19-21-13(3)18(20)14(4)25(19)23-16/h5-9,12H,10-11H2,1-4H3. The zero-order valence-corrected chi connectivity index (χ0v) is 16.2. The van der Waals surface area contributed by atoms with Crippen LogP contribution in [0.5, 0.6) is 0 Å². The van der Waals surface area contributed by atoms with Crippen molar-refractivity contribution >= 4 is 29.0 Å². The van der Waals surface area contributed by atoms with Gasteiger partial charge in [0.1, 0.15) is 0 Å². The highest BCUT2D eigenvalue weighted by molar-refractivity contribution is 6.31. The zero-order chi connectivity index (χ0) is 18.8. The molecule has 0 unspecified atom stereocenters. The van der Waals surface area contributed by atoms with Crippen LogP contribution >= 0.6 is 11.6 Å². The van der Waals surface area contributed by atoms with Crippen LogP contribution in [0.1, 0.15) is 37.5 Å². The Balaban J connectivity index is 1.97. The number of carbonyl (C=O) groups is 1. The maximum Gasteiger partial charge on any atom is 0.253 e. The molecule has 0 N–H and O–H groups in total. The lowest BCUT2D eigenvalue weighted by atomic mass is 10.1. The number of aryl methyl sites for hydroxylation is 2. The molecule has 136 valence electrons. The van der Waals surface area contributed by atoms with E-state index in [0.717, 1.165) is 11.4 Å². The molecule has 0 saturated carbocycles. The third-order valence-corrected chi connectivity index (χ3v) is 4.65. The molecule has 7 heteroatoms. The predicted molar refractivity (Wildman–Crippen MR) is 102 cm³/mol. The number of carbonyl (C=O) groups excluding carboxylic acids is 1. The maximum absolute atomic E-state index is 12.8. The third kappa shape index (κ3) is 3.70. The van der Waals surface area contributed by atoms with Crippen LogP contribution < -0.4 is 4.90 Å². The third-order valence-electron chi connectivity index (χ3n) is 4.11. The molecular formula is C19H22ClN5O. The van der Waals surface area contributed by atoms with Gasteiger partial charge in [-0.1, -0.05) is 43.6 Å². The first-order chi connectivity index (χ1) is 12.4. The fraction of sp³-hybridized carbons (Fsp3) is 0.368. The molecule has 2 heterocycles. The van der Waals surface area contributed by atoms with Crippen molar-refractivity contribution in [3.8, 4) is 0 Å². The number of benzene rings is 1. The van der Waals surface area contributed by atoms with E-state index in [-0.39, 0.29) is 18.4 Å². The number of hydrogen-bond donors (Lipinski definition) is 0. The van der Waals surface area contributed by atoms with Crippen molar-refractivity contribution < 1.29 is 4.79 Å². The fourth-order valence-corrected chi connectivity index (χ4v) is 2.92. The molecule has 6 nitrogen and oxygen atoms in total. The van der Waals surface area contributed by atoms with Gasteiger partial charge in [0.05, 0.1) is 23.0 Å². The highest BCUT2D eigenvalue weighted by Crippen LogP contribution is 2.21. The first-order valence-corrected chi connectivity index (χ1v) is 8.98. The van der Waals surface area contributed by atoms with E-state index in [0.29, 0.717) is 28.7 Å². The van der Waals surface area contributed by atoms with Crippen molar-refractivity contribution in [3.63, 3.8) is 0 Å². The molecule has 0 aliphatic rings. The fourth-order valence-electron chi connectivity index (χ4n) is 2.80. The molecule has 26 heavy (non-hydrogen) atoms. The molecule has 3 aromatic rings. The van der Waals surface area contributed by atoms with Crippen LogP contribution in [-0.2, 0) is 11.3 Å². The second-order valence-corrected chi connectivity index (χ2v) is 7.13. The zero-order valence-electron chi connectivity index (χ0n) is 15.4. The van der Waals surface area contributed by atoms with Crippen LogP contribution in [0.2, 0.25) is 5.02 Å². The molecule has 3 rings (SSSR count). The summed E-state index contributed by atoms with van der Waals surface area (Å²) in [5, 5.41) is 5.08. The normalized spacial score (nSPS) is 11.3. The van der Waals surface area contributed by atoms with Gasteiger partial charge in [-0.25, -0.2) is 4.98 Å². The van der Waals surface area contributed by atoms with Gasteiger partial charge in [-0.05, 0) is 31.9 Å². The van der Waals surface area contributed by atoms with Gasteiger partial charge in [0.2, 0.25) is 5.91 Å². The summed E-state index contributed by atoms with van der Waals surface area (Å²) in [6, 6.07) is 9.58. The predicted octanol–water partition coefficient (Wildman–Crippen LogP) is 3.97. The van der Waals surface area contributed by atoms with Crippen LogP contribution in [0.4, 0.5) is 5.69 Å². The second kappa shape index (κ2) is 7.41. The number of amides is 1. The minimum atomic E-state index is 0.0453. The minimum Gasteiger partial charge on any atom is -0.305 e. The minimum absolute atomic E-state index is 0.0453. The van der Waals surface area contributed by atoms with E-state index in [9.17, 15) is 4.79 Å². The van der Waals surface area contributed by atoms with Crippen LogP contribution in [0.3, 0.4) is 0 Å². The number of para-hydroxylation sites is 1. The molecule has 0 aliphatic carbocycles. The molecule has 0 radical (unpaired) electrons. The Morgan fingerprint density at radius 2 is 1.88 bits per heavy atom. The average Bonchev–Trinajstić information content (AvgIpc) is 3.00. The lowest BCUT2D eigenvalue weighted by molar-refractivity contribution is -0.119. The van der Waals surface area contributed by atoms with Gasteiger partial charge in [-0.3, -0.25) is 4.79 Å². The smallest absolute Gasteiger partial charge is 0.253 e. The Labute approximate surface area is 157 Å². The van der Waals surface area contributed by atoms with Crippen LogP contribution in [0.15, 0.2) is 30.3 Å². The number of fused-ring (bicyclic) bond motifs is 1. The summed E-state index contributed by atoms with van der Waals surface area (Å²) in [5.74, 6) is 1.34. The summed E-state index contributed by atoms with van der Waals surface area (Å²) in [7, 11) is 0. The van der Waals surface area contributed by atoms with Gasteiger partial charge in [0, 0.05) is 12.1 Å². The van der Waals surface area contributed by atoms with Gasteiger partial charge in [-0.15, -0.1) is 5.10 Å². The topological polar surface area (TPSA) is 63.4 Å². The number of halogens is 1. The van der Waals surface area contributed by atoms with Crippen molar-refractivity contribution in [3.05, 3.63) is 52.6 Å². The lowest BCUT2D eigenvalue weighted by Crippen LogP contribution is -2.31. The molecule has 1 aromatic carbocycles. The first-order valence-electron chi connectivity index (χ1n) is 8.60. The van der Waals surface area contributed by atoms with Gasteiger partial charge in [0.25, 0.3) is 5.78 Å². The number of aromatic nitrogens is 4. The lowest BCUT2D eigenvalue weighted by Gasteiger charge is -2.22. The summed E-state index contributed by atoms with van der Waals surface area (Å²) in [5.41, 5.74) is 2.33. The number of rotatable bonds is 5. The van der Waals surface area contributed by atoms with Crippen molar-refractivity contribution in [1.29, 1.82) is 0 Å². The molecule has 0 bridgehead atoms. The Bertz CT molecular complexity index is 936. The number of nitrogens with zero attached hydrogens (tertiary/aromatic N) is 5. The van der Waals surface area contributed by atoms with Crippen LogP contribution in [-0.4, -0.2) is 25.5 Å². The Morgan fingerprint density at radius 3 is 2.54 bits per heavy atom. The Hall–Kier alpha value is -2.47. The molecule has 0 atom stereocenters. The van der Waals surface area contributed by atoms with Crippen LogP contribution in [0.25, 0.3) is 5.78 Å². The molecule has 0 fully saturated rings. The monoisotopic (exact) mass is 371 g/mol. The summed E-state index contributed by atoms with van der Waals surface area (Å²) < 4.78 is 1.63. The Morgan fingerprint density at radius 1 is 1.19 bits per heavy atom. The summed E-state index contributed by atoms with van der Waals surface area (Å²) in [6.45, 7) is 8.06. The quantitative estimate of drug-likeness (QED) is 0.680. The largest absolute Gasteiger partial charge is 0.305 e. The van der Waals surface area contributed by atoms with Crippen molar-refractivity contribution in [2.75, 3.05) is 4.90 Å². The van der Waals surface area contributed by atoms with E-state index in [1.165, 1.54) is 0 Å². The van der Waals surface area contributed by atoms with Crippen molar-refractivity contribution in [1.82, 2.24) is 19.6 Å². The molecule has 0 spiro atoms. The van der Waals surface area contributed by atoms with Gasteiger partial charge in [-0.2, -0.15) is 9.50 Å².